The molecule has 2 N–H and O–H groups in total. The Kier molecular flexibility index (Phi) is 10.4. The number of hydrogen-bond acceptors (Lipinski definition) is 11. The van der Waals surface area contributed by atoms with E-state index >= 15 is 0 Å². The minimum Gasteiger partial charge on any atom is -0.497 e. The summed E-state index contributed by atoms with van der Waals surface area (Å²) in [5.74, 6) is -2.71. The minimum atomic E-state index is -3.91. The largest absolute Gasteiger partial charge is 0.497 e. The number of esters is 1. The normalized spacial score (nSPS) is 26.2. The Labute approximate surface area is 337 Å². The van der Waals surface area contributed by atoms with Gasteiger partial charge < -0.3 is 28.8 Å². The maximum atomic E-state index is 14.7. The van der Waals surface area contributed by atoms with E-state index in [0.29, 0.717) is 59.9 Å². The highest BCUT2D eigenvalue weighted by atomic mass is 32.2. The number of nitrogens with zero attached hydrogens (tertiary/aromatic N) is 2. The van der Waals surface area contributed by atoms with Gasteiger partial charge in [-0.3, -0.25) is 23.9 Å². The number of methoxy groups -OCH3 is 1. The van der Waals surface area contributed by atoms with Gasteiger partial charge in [-0.2, -0.15) is 0 Å². The number of hydrogen-bond donors (Lipinski definition) is 2. The van der Waals surface area contributed by atoms with Gasteiger partial charge in [-0.15, -0.1) is 0 Å². The van der Waals surface area contributed by atoms with Crippen molar-refractivity contribution in [1.29, 1.82) is 0 Å². The lowest BCUT2D eigenvalue weighted by atomic mass is 9.95. The number of carbonyl (C=O) groups is 4. The highest BCUT2D eigenvalue weighted by Gasteiger charge is 2.62. The lowest BCUT2D eigenvalue weighted by Crippen LogP contribution is -2.57. The van der Waals surface area contributed by atoms with E-state index in [2.05, 4.69) is 10.0 Å². The summed E-state index contributed by atoms with van der Waals surface area (Å²) < 4.78 is 52.2. The van der Waals surface area contributed by atoms with Gasteiger partial charge in [0.05, 0.1) is 30.7 Å². The molecule has 2 aromatic carbocycles. The third-order valence-electron chi connectivity index (χ3n) is 11.5. The Hall–Kier alpha value is -5.18. The van der Waals surface area contributed by atoms with Gasteiger partial charge in [-0.25, -0.2) is 13.4 Å². The molecule has 0 unspecified atom stereocenters. The predicted octanol–water partition coefficient (Wildman–Crippen LogP) is 5.84. The summed E-state index contributed by atoms with van der Waals surface area (Å²) in [6, 6.07) is 11.9. The zero-order valence-electron chi connectivity index (χ0n) is 33.2. The molecule has 3 amide bonds. The Morgan fingerprint density at radius 2 is 1.83 bits per heavy atom. The van der Waals surface area contributed by atoms with Crippen LogP contribution in [-0.2, 0) is 33.9 Å². The fourth-order valence-corrected chi connectivity index (χ4v) is 9.69. The first-order valence-corrected chi connectivity index (χ1v) is 21.7. The maximum Gasteiger partial charge on any atom is 0.307 e. The molecule has 14 nitrogen and oxygen atoms in total. The molecular formula is C43H50N4O10S. The lowest BCUT2D eigenvalue weighted by molar-refractivity contribution is -0.159. The number of rotatable bonds is 8. The SMILES string of the molecule is COc1ccc2c(c1)c(O[C@@H]1C[C@H]3C(=O)N[C@]4(C(=O)NS(=O)(=O)C5CC5)C[C@H]4/C=C\CCCCC[C@H](CC(=O)OC(C)(C)C)C(=O)N3C1)nc1c3ccccc3oc21. The van der Waals surface area contributed by atoms with Crippen LogP contribution in [-0.4, -0.2) is 84.2 Å². The lowest BCUT2D eigenvalue weighted by Gasteiger charge is -2.30. The summed E-state index contributed by atoms with van der Waals surface area (Å²) in [7, 11) is -2.35. The van der Waals surface area contributed by atoms with Gasteiger partial charge in [0, 0.05) is 29.0 Å². The number of pyridine rings is 1. The molecule has 4 heterocycles. The average molecular weight is 815 g/mol. The number of amides is 3. The van der Waals surface area contributed by atoms with Crippen LogP contribution in [0.1, 0.15) is 85.0 Å². The highest BCUT2D eigenvalue weighted by Crippen LogP contribution is 2.46. The molecule has 308 valence electrons. The van der Waals surface area contributed by atoms with Crippen LogP contribution in [0.25, 0.3) is 32.8 Å². The van der Waals surface area contributed by atoms with Gasteiger partial charge in [0.15, 0.2) is 5.58 Å². The van der Waals surface area contributed by atoms with E-state index in [1.54, 1.807) is 33.9 Å². The Morgan fingerprint density at radius 1 is 1.03 bits per heavy atom. The van der Waals surface area contributed by atoms with Crippen molar-refractivity contribution >= 4 is 66.6 Å². The highest BCUT2D eigenvalue weighted by molar-refractivity contribution is 7.91. The fourth-order valence-electron chi connectivity index (χ4n) is 8.32. The average Bonchev–Trinajstić information content (AvgIpc) is 4.07. The Morgan fingerprint density at radius 3 is 2.59 bits per heavy atom. The topological polar surface area (TPSA) is 183 Å². The maximum absolute atomic E-state index is 14.7. The molecule has 2 aliphatic heterocycles. The van der Waals surface area contributed by atoms with Crippen molar-refractivity contribution in [2.24, 2.45) is 11.8 Å². The van der Waals surface area contributed by atoms with Crippen LogP contribution < -0.4 is 19.5 Å². The van der Waals surface area contributed by atoms with Crippen molar-refractivity contribution in [3.05, 3.63) is 54.6 Å². The first-order chi connectivity index (χ1) is 27.7. The quantitative estimate of drug-likeness (QED) is 0.161. The van der Waals surface area contributed by atoms with Crippen LogP contribution in [0.15, 0.2) is 59.0 Å². The second-order valence-electron chi connectivity index (χ2n) is 17.1. The number of benzene rings is 2. The number of aromatic nitrogens is 1. The van der Waals surface area contributed by atoms with E-state index in [1.165, 1.54) is 4.90 Å². The zero-order chi connectivity index (χ0) is 41.0. The van der Waals surface area contributed by atoms with Crippen LogP contribution in [0.2, 0.25) is 0 Å². The van der Waals surface area contributed by atoms with E-state index in [1.807, 2.05) is 48.6 Å². The van der Waals surface area contributed by atoms with Gasteiger partial charge in [0.2, 0.25) is 27.7 Å². The van der Waals surface area contributed by atoms with Crippen molar-refractivity contribution < 1.29 is 46.2 Å². The number of sulfonamides is 1. The van der Waals surface area contributed by atoms with Crippen LogP contribution in [0.4, 0.5) is 0 Å². The molecule has 1 saturated heterocycles. The zero-order valence-corrected chi connectivity index (χ0v) is 34.1. The second kappa shape index (κ2) is 15.2. The minimum absolute atomic E-state index is 0.0162. The first kappa shape index (κ1) is 39.6. The Bertz CT molecular complexity index is 2430. The molecule has 5 atom stereocenters. The van der Waals surface area contributed by atoms with Crippen LogP contribution in [0, 0.1) is 11.8 Å². The van der Waals surface area contributed by atoms with Crippen molar-refractivity contribution in [3.8, 4) is 11.6 Å². The van der Waals surface area contributed by atoms with Crippen molar-refractivity contribution in [2.75, 3.05) is 13.7 Å². The summed E-state index contributed by atoms with van der Waals surface area (Å²) in [6.45, 7) is 5.29. The number of para-hydroxylation sites is 1. The van der Waals surface area contributed by atoms with E-state index in [0.717, 1.165) is 23.6 Å². The first-order valence-electron chi connectivity index (χ1n) is 20.2. The van der Waals surface area contributed by atoms with Gasteiger partial charge in [-0.05, 0) is 89.6 Å². The van der Waals surface area contributed by atoms with Crippen molar-refractivity contribution in [3.63, 3.8) is 0 Å². The van der Waals surface area contributed by atoms with Gasteiger partial charge in [-0.1, -0.05) is 37.1 Å². The molecule has 2 aliphatic carbocycles. The summed E-state index contributed by atoms with van der Waals surface area (Å²) in [4.78, 5) is 62.8. The number of ether oxygens (including phenoxy) is 3. The molecule has 8 rings (SSSR count). The molecule has 0 spiro atoms. The van der Waals surface area contributed by atoms with E-state index in [-0.39, 0.29) is 31.7 Å². The van der Waals surface area contributed by atoms with E-state index in [4.69, 9.17) is 23.6 Å². The number of carbonyl (C=O) groups excluding carboxylic acids is 4. The standard InChI is InChI=1S/C43H50N4O10S/c1-42(2,3)57-35(48)20-25-12-8-6-5-7-9-13-26-23-43(26,41(51)46-58(52,53)29-17-18-29)45-38(49)33-22-28(24-47(33)40(25)50)55-39-32-21-27(54-4)16-19-30(32)37-36(44-39)31-14-10-11-15-34(31)56-37/h9-11,13-16,19,21,25-26,28-29,33H,5-8,12,17-18,20,22-24H2,1-4H3,(H,45,49)(H,46,51)/b13-9-/t25-,26-,28-,33+,43-/m1/s1. The van der Waals surface area contributed by atoms with Crippen LogP contribution in [0.5, 0.6) is 11.6 Å². The number of fused-ring (bicyclic) bond motifs is 7. The van der Waals surface area contributed by atoms with Gasteiger partial charge in [0.1, 0.15) is 40.1 Å². The summed E-state index contributed by atoms with van der Waals surface area (Å²) in [5.41, 5.74) is -0.458. The summed E-state index contributed by atoms with van der Waals surface area (Å²) in [6.07, 6.45) is 7.48. The molecule has 4 aliphatic rings. The molecule has 0 bridgehead atoms. The molecule has 58 heavy (non-hydrogen) atoms. The predicted molar refractivity (Wildman–Crippen MR) is 215 cm³/mol. The summed E-state index contributed by atoms with van der Waals surface area (Å²) >= 11 is 0. The fraction of sp³-hybridized carbons (Fsp3) is 0.512. The number of nitrogens with one attached hydrogen (secondary N) is 2. The molecule has 15 heteroatoms. The Balaban J connectivity index is 1.15. The molecule has 4 aromatic rings. The third-order valence-corrected chi connectivity index (χ3v) is 13.4. The summed E-state index contributed by atoms with van der Waals surface area (Å²) in [5, 5.41) is 4.41. The van der Waals surface area contributed by atoms with E-state index in [9.17, 15) is 27.6 Å². The smallest absolute Gasteiger partial charge is 0.307 e. The number of furan rings is 1. The van der Waals surface area contributed by atoms with Gasteiger partial charge >= 0.3 is 5.97 Å². The monoisotopic (exact) mass is 814 g/mol. The number of allylic oxidation sites excluding steroid dienone is 1. The third kappa shape index (κ3) is 7.97. The molecule has 3 fully saturated rings. The van der Waals surface area contributed by atoms with Crippen molar-refractivity contribution in [1.82, 2.24) is 19.9 Å². The molecule has 2 saturated carbocycles. The molecular weight excluding hydrogens is 765 g/mol. The molecule has 0 radical (unpaired) electrons. The van der Waals surface area contributed by atoms with Gasteiger partial charge in [0.25, 0.3) is 5.91 Å². The van der Waals surface area contributed by atoms with Crippen LogP contribution in [0.3, 0.4) is 0 Å². The second-order valence-corrected chi connectivity index (χ2v) is 19.0. The van der Waals surface area contributed by atoms with Crippen molar-refractivity contribution in [2.45, 2.75) is 114 Å². The molecule has 2 aromatic heterocycles. The van der Waals surface area contributed by atoms with Crippen LogP contribution >= 0.6 is 0 Å². The van der Waals surface area contributed by atoms with E-state index < -0.39 is 74.1 Å².